The van der Waals surface area contributed by atoms with Gasteiger partial charge in [0.1, 0.15) is 0 Å². The molecule has 0 unspecified atom stereocenters. The summed E-state index contributed by atoms with van der Waals surface area (Å²) in [5, 5.41) is 24.4. The van der Waals surface area contributed by atoms with Crippen LogP contribution in [0.1, 0.15) is 5.56 Å². The fourth-order valence-electron chi connectivity index (χ4n) is 9.19. The maximum Gasteiger partial charge on any atom is 0.164 e. The lowest BCUT2D eigenvalue weighted by Crippen LogP contribution is -2.00. The standard InChI is InChI=1S/C56H32N4/c57-33-34-18-20-35(21-19-34)36-22-27-41(28-23-36)55-58-54(40-8-2-1-3-9-40)59-56(60-55)44-14-4-13-42(30-44)45-31-43-29-26-39-11-6-16-47-46-15-5-10-37-24-25-38-12-7-17-48(52(38)50(37)46)49(32-45)53(43)51(39)47/h1-32H. The van der Waals surface area contributed by atoms with Crippen molar-refractivity contribution in [1.82, 2.24) is 15.0 Å². The van der Waals surface area contributed by atoms with Crippen LogP contribution in [0.15, 0.2) is 194 Å². The number of fused-ring (bicyclic) bond motifs is 2. The van der Waals surface area contributed by atoms with Gasteiger partial charge in [0.15, 0.2) is 17.5 Å². The Hall–Kier alpha value is -8.26. The zero-order valence-corrected chi connectivity index (χ0v) is 32.3. The molecule has 0 aliphatic rings. The van der Waals surface area contributed by atoms with Crippen molar-refractivity contribution in [3.05, 3.63) is 200 Å². The summed E-state index contributed by atoms with van der Waals surface area (Å²) in [4.78, 5) is 15.2. The molecule has 0 bridgehead atoms. The van der Waals surface area contributed by atoms with Crippen molar-refractivity contribution in [1.29, 1.82) is 5.26 Å². The monoisotopic (exact) mass is 760 g/mol. The third kappa shape index (κ3) is 5.41. The van der Waals surface area contributed by atoms with Crippen LogP contribution in [0.3, 0.4) is 0 Å². The molecule has 1 aromatic heterocycles. The first-order chi connectivity index (χ1) is 29.7. The minimum atomic E-state index is 0.600. The van der Waals surface area contributed by atoms with Crippen LogP contribution in [0.5, 0.6) is 0 Å². The lowest BCUT2D eigenvalue weighted by molar-refractivity contribution is 1.07. The molecule has 0 saturated heterocycles. The fraction of sp³-hybridized carbons (Fsp3) is 0. The van der Waals surface area contributed by atoms with Crippen LogP contribution in [-0.4, -0.2) is 15.0 Å². The van der Waals surface area contributed by atoms with Crippen molar-refractivity contribution in [2.45, 2.75) is 0 Å². The molecular formula is C56H32N4. The molecule has 0 amide bonds. The first-order valence-electron chi connectivity index (χ1n) is 20.1. The SMILES string of the molecule is N#Cc1ccc(-c2ccc(-c3nc(-c4ccccc4)nc(-c4cccc(-c5cc6ccc7cccc8c9cccc%10ccc%11cccc(c(c5)c6c78)c%11c%109)c4)n3)cc2)cc1. The summed E-state index contributed by atoms with van der Waals surface area (Å²) >= 11 is 0. The Labute approximate surface area is 345 Å². The predicted molar refractivity (Wildman–Crippen MR) is 248 cm³/mol. The van der Waals surface area contributed by atoms with Gasteiger partial charge in [-0.25, -0.2) is 15.0 Å². The second-order valence-electron chi connectivity index (χ2n) is 15.5. The number of rotatable bonds is 5. The molecule has 0 atom stereocenters. The summed E-state index contributed by atoms with van der Waals surface area (Å²) in [6.45, 7) is 0. The second kappa shape index (κ2) is 13.4. The smallest absolute Gasteiger partial charge is 0.164 e. The van der Waals surface area contributed by atoms with Crippen molar-refractivity contribution in [2.75, 3.05) is 0 Å². The van der Waals surface area contributed by atoms with E-state index in [1.165, 1.54) is 64.6 Å². The molecule has 4 nitrogen and oxygen atoms in total. The van der Waals surface area contributed by atoms with Crippen molar-refractivity contribution in [3.8, 4) is 62.5 Å². The number of benzene rings is 10. The Bertz CT molecular complexity index is 3690. The molecule has 0 aliphatic heterocycles. The molecule has 12 rings (SSSR count). The summed E-state index contributed by atoms with van der Waals surface area (Å²) in [6, 6.07) is 70.8. The van der Waals surface area contributed by atoms with Crippen molar-refractivity contribution in [2.24, 2.45) is 0 Å². The molecule has 276 valence electrons. The minimum Gasteiger partial charge on any atom is -0.208 e. The van der Waals surface area contributed by atoms with Gasteiger partial charge in [0.2, 0.25) is 0 Å². The predicted octanol–water partition coefficient (Wildman–Crippen LogP) is 14.4. The molecule has 0 radical (unpaired) electrons. The number of aromatic nitrogens is 3. The normalized spacial score (nSPS) is 11.7. The Morgan fingerprint density at radius 3 is 1.30 bits per heavy atom. The van der Waals surface area contributed by atoms with E-state index in [2.05, 4.69) is 146 Å². The van der Waals surface area contributed by atoms with Gasteiger partial charge in [-0.3, -0.25) is 0 Å². The summed E-state index contributed by atoms with van der Waals surface area (Å²) in [6.07, 6.45) is 0. The second-order valence-corrected chi connectivity index (χ2v) is 15.5. The lowest BCUT2D eigenvalue weighted by atomic mass is 9.86. The van der Waals surface area contributed by atoms with Gasteiger partial charge in [-0.15, -0.1) is 0 Å². The number of hydrogen-bond acceptors (Lipinski definition) is 4. The highest BCUT2D eigenvalue weighted by Crippen LogP contribution is 2.44. The maximum absolute atomic E-state index is 9.26. The zero-order valence-electron chi connectivity index (χ0n) is 32.3. The molecule has 1 heterocycles. The highest BCUT2D eigenvalue weighted by Gasteiger charge is 2.18. The molecule has 4 heteroatoms. The quantitative estimate of drug-likeness (QED) is 0.164. The van der Waals surface area contributed by atoms with Crippen LogP contribution < -0.4 is 0 Å². The van der Waals surface area contributed by atoms with Crippen LogP contribution >= 0.6 is 0 Å². The number of nitrogens with zero attached hydrogens (tertiary/aromatic N) is 4. The molecule has 0 saturated carbocycles. The molecule has 0 spiro atoms. The third-order valence-electron chi connectivity index (χ3n) is 12.0. The fourth-order valence-corrected chi connectivity index (χ4v) is 9.19. The minimum absolute atomic E-state index is 0.600. The van der Waals surface area contributed by atoms with E-state index in [4.69, 9.17) is 15.0 Å². The van der Waals surface area contributed by atoms with E-state index in [1.54, 1.807) is 0 Å². The lowest BCUT2D eigenvalue weighted by Gasteiger charge is -2.17. The van der Waals surface area contributed by atoms with E-state index in [0.717, 1.165) is 38.9 Å². The van der Waals surface area contributed by atoms with Crippen molar-refractivity contribution >= 4 is 64.6 Å². The zero-order chi connectivity index (χ0) is 39.7. The third-order valence-corrected chi connectivity index (χ3v) is 12.0. The molecule has 0 fully saturated rings. The van der Waals surface area contributed by atoms with E-state index in [1.807, 2.05) is 54.6 Å². The van der Waals surface area contributed by atoms with Gasteiger partial charge in [0, 0.05) is 16.7 Å². The highest BCUT2D eigenvalue weighted by molar-refractivity contribution is 6.37. The highest BCUT2D eigenvalue weighted by atomic mass is 15.0. The van der Waals surface area contributed by atoms with Crippen LogP contribution in [0.4, 0.5) is 0 Å². The Balaban J connectivity index is 1.05. The largest absolute Gasteiger partial charge is 0.208 e. The van der Waals surface area contributed by atoms with Gasteiger partial charge >= 0.3 is 0 Å². The number of nitriles is 1. The molecule has 0 aliphatic carbocycles. The van der Waals surface area contributed by atoms with Gasteiger partial charge in [0.05, 0.1) is 11.6 Å². The molecule has 12 aromatic rings. The van der Waals surface area contributed by atoms with Crippen LogP contribution in [0.25, 0.3) is 121 Å². The van der Waals surface area contributed by atoms with E-state index in [-0.39, 0.29) is 0 Å². The summed E-state index contributed by atoms with van der Waals surface area (Å²) in [5.74, 6) is 1.82. The topological polar surface area (TPSA) is 62.5 Å². The first kappa shape index (κ1) is 33.8. The van der Waals surface area contributed by atoms with Gasteiger partial charge in [-0.1, -0.05) is 164 Å². The Morgan fingerprint density at radius 1 is 0.283 bits per heavy atom. The van der Waals surface area contributed by atoms with Crippen LogP contribution in [-0.2, 0) is 0 Å². The summed E-state index contributed by atoms with van der Waals surface area (Å²) in [5.41, 5.74) is 7.67. The van der Waals surface area contributed by atoms with E-state index in [0.29, 0.717) is 23.0 Å². The van der Waals surface area contributed by atoms with Gasteiger partial charge < -0.3 is 0 Å². The van der Waals surface area contributed by atoms with Gasteiger partial charge in [-0.2, -0.15) is 5.26 Å². The van der Waals surface area contributed by atoms with Crippen molar-refractivity contribution in [3.63, 3.8) is 0 Å². The average Bonchev–Trinajstić information content (AvgIpc) is 3.32. The van der Waals surface area contributed by atoms with Gasteiger partial charge in [-0.05, 0) is 117 Å². The number of hydrogen-bond donors (Lipinski definition) is 0. The van der Waals surface area contributed by atoms with E-state index < -0.39 is 0 Å². The van der Waals surface area contributed by atoms with Crippen LogP contribution in [0.2, 0.25) is 0 Å². The molecule has 60 heavy (non-hydrogen) atoms. The first-order valence-corrected chi connectivity index (χ1v) is 20.1. The van der Waals surface area contributed by atoms with Crippen molar-refractivity contribution < 1.29 is 0 Å². The Kier molecular flexibility index (Phi) is 7.57. The van der Waals surface area contributed by atoms with E-state index >= 15 is 0 Å². The maximum atomic E-state index is 9.26. The molecule has 11 aromatic carbocycles. The average molecular weight is 761 g/mol. The summed E-state index contributed by atoms with van der Waals surface area (Å²) in [7, 11) is 0. The molecule has 0 N–H and O–H groups in total. The van der Waals surface area contributed by atoms with E-state index in [9.17, 15) is 5.26 Å². The van der Waals surface area contributed by atoms with Gasteiger partial charge in [0.25, 0.3) is 0 Å². The molecular weight excluding hydrogens is 729 g/mol. The van der Waals surface area contributed by atoms with Crippen LogP contribution in [0, 0.1) is 11.3 Å². The summed E-state index contributed by atoms with van der Waals surface area (Å²) < 4.78 is 0. The Morgan fingerprint density at radius 2 is 0.717 bits per heavy atom.